The number of halogens is 1. The molecule has 0 saturated heterocycles. The molecule has 1 amide bonds. The Morgan fingerprint density at radius 3 is 2.59 bits per heavy atom. The molecule has 0 spiro atoms. The van der Waals surface area contributed by atoms with E-state index in [9.17, 15) is 19.5 Å². The van der Waals surface area contributed by atoms with Crippen LogP contribution in [0.25, 0.3) is 5.69 Å². The van der Waals surface area contributed by atoms with Crippen molar-refractivity contribution in [2.24, 2.45) is 0 Å². The minimum Gasteiger partial charge on any atom is -0.481 e. The van der Waals surface area contributed by atoms with Gasteiger partial charge in [-0.2, -0.15) is 0 Å². The summed E-state index contributed by atoms with van der Waals surface area (Å²) in [5.74, 6) is -1.69. The number of carbonyl (C=O) groups excluding carboxylic acids is 1. The highest BCUT2D eigenvalue weighted by atomic mass is 35.5. The van der Waals surface area contributed by atoms with E-state index in [2.05, 4.69) is 10.4 Å². The monoisotopic (exact) mass is 413 g/mol. The van der Waals surface area contributed by atoms with Gasteiger partial charge >= 0.3 is 5.97 Å². The van der Waals surface area contributed by atoms with E-state index in [-0.39, 0.29) is 12.1 Å². The van der Waals surface area contributed by atoms with Gasteiger partial charge in [0.05, 0.1) is 18.2 Å². The Bertz CT molecular complexity index is 1130. The minimum absolute atomic E-state index is 0.0262. The van der Waals surface area contributed by atoms with Crippen LogP contribution in [0, 0.1) is 13.8 Å². The van der Waals surface area contributed by atoms with Crippen LogP contribution < -0.4 is 10.9 Å². The fourth-order valence-electron chi connectivity index (χ4n) is 3.06. The summed E-state index contributed by atoms with van der Waals surface area (Å²) in [6.07, 6.45) is -0.350. The molecule has 0 aliphatic rings. The normalized spacial score (nSPS) is 11.8. The second-order valence-corrected chi connectivity index (χ2v) is 7.19. The summed E-state index contributed by atoms with van der Waals surface area (Å²) < 4.78 is 1.29. The zero-order valence-electron chi connectivity index (χ0n) is 15.9. The lowest BCUT2D eigenvalue weighted by Gasteiger charge is -2.18. The summed E-state index contributed by atoms with van der Waals surface area (Å²) >= 11 is 6.17. The lowest BCUT2D eigenvalue weighted by atomic mass is 10.0. The third kappa shape index (κ3) is 4.57. The van der Waals surface area contributed by atoms with E-state index in [1.54, 1.807) is 24.3 Å². The number of H-pyrrole nitrogens is 1. The van der Waals surface area contributed by atoms with Crippen LogP contribution in [-0.4, -0.2) is 26.8 Å². The van der Waals surface area contributed by atoms with Crippen LogP contribution in [0.15, 0.2) is 53.3 Å². The average Bonchev–Trinajstić information content (AvgIpc) is 3.05. The average molecular weight is 414 g/mol. The van der Waals surface area contributed by atoms with Crippen molar-refractivity contribution in [3.63, 3.8) is 0 Å². The largest absolute Gasteiger partial charge is 0.481 e. The second kappa shape index (κ2) is 8.36. The van der Waals surface area contributed by atoms with E-state index in [4.69, 9.17) is 11.6 Å². The van der Waals surface area contributed by atoms with Gasteiger partial charge in [0.1, 0.15) is 5.69 Å². The van der Waals surface area contributed by atoms with Gasteiger partial charge in [0.25, 0.3) is 11.5 Å². The number of aromatic nitrogens is 2. The maximum absolute atomic E-state index is 12.7. The van der Waals surface area contributed by atoms with E-state index in [1.807, 2.05) is 32.0 Å². The number of amides is 1. The van der Waals surface area contributed by atoms with E-state index in [0.717, 1.165) is 11.1 Å². The molecule has 0 saturated carbocycles. The van der Waals surface area contributed by atoms with Crippen molar-refractivity contribution in [3.05, 3.63) is 86.3 Å². The summed E-state index contributed by atoms with van der Waals surface area (Å²) in [5, 5.41) is 15.0. The molecule has 0 fully saturated rings. The van der Waals surface area contributed by atoms with Crippen molar-refractivity contribution in [2.45, 2.75) is 26.3 Å². The molecule has 3 aromatic rings. The Labute approximate surface area is 171 Å². The Morgan fingerprint density at radius 2 is 1.90 bits per heavy atom. The molecule has 0 bridgehead atoms. The summed E-state index contributed by atoms with van der Waals surface area (Å²) in [6.45, 7) is 3.77. The quantitative estimate of drug-likeness (QED) is 0.576. The molecular formula is C21H20ClN3O4. The van der Waals surface area contributed by atoms with Gasteiger partial charge in [-0.25, -0.2) is 4.68 Å². The predicted octanol–water partition coefficient (Wildman–Crippen LogP) is 3.38. The standard InChI is InChI=1S/C21H20ClN3O4/c1-12-7-8-13(2)18(9-12)25-19(26)10-17(24-25)21(29)23-16(11-20(27)28)14-5-3-4-6-15(14)22/h3-10,16,24H,11H2,1-2H3,(H,23,29)(H,27,28). The molecule has 29 heavy (non-hydrogen) atoms. The molecule has 1 aromatic heterocycles. The van der Waals surface area contributed by atoms with Crippen LogP contribution in [0.4, 0.5) is 0 Å². The number of carboxylic acid groups (broad SMARTS) is 1. The number of rotatable bonds is 6. The molecule has 2 aromatic carbocycles. The van der Waals surface area contributed by atoms with Crippen molar-refractivity contribution in [1.29, 1.82) is 0 Å². The van der Waals surface area contributed by atoms with Crippen LogP contribution >= 0.6 is 11.6 Å². The smallest absolute Gasteiger partial charge is 0.305 e. The zero-order chi connectivity index (χ0) is 21.1. The molecule has 7 nitrogen and oxygen atoms in total. The summed E-state index contributed by atoms with van der Waals surface area (Å²) in [7, 11) is 0. The SMILES string of the molecule is Cc1ccc(C)c(-n2[nH]c(C(=O)NC(CC(=O)O)c3ccccc3Cl)cc2=O)c1. The molecule has 3 rings (SSSR count). The number of carbonyl (C=O) groups is 2. The third-order valence-electron chi connectivity index (χ3n) is 4.54. The van der Waals surface area contributed by atoms with Gasteiger partial charge in [0.2, 0.25) is 0 Å². The van der Waals surface area contributed by atoms with Crippen molar-refractivity contribution >= 4 is 23.5 Å². The Morgan fingerprint density at radius 1 is 1.17 bits per heavy atom. The number of nitrogens with one attached hydrogen (secondary N) is 2. The van der Waals surface area contributed by atoms with Crippen molar-refractivity contribution in [2.75, 3.05) is 0 Å². The number of aliphatic carboxylic acids is 1. The predicted molar refractivity (Wildman–Crippen MR) is 110 cm³/mol. The lowest BCUT2D eigenvalue weighted by Crippen LogP contribution is -2.30. The highest BCUT2D eigenvalue weighted by molar-refractivity contribution is 6.31. The number of nitrogens with zero attached hydrogens (tertiary/aromatic N) is 1. The number of aryl methyl sites for hydroxylation is 2. The first-order chi connectivity index (χ1) is 13.8. The number of benzene rings is 2. The zero-order valence-corrected chi connectivity index (χ0v) is 16.7. The van der Waals surface area contributed by atoms with Gasteiger partial charge in [-0.05, 0) is 42.7 Å². The summed E-state index contributed by atoms with van der Waals surface area (Å²) in [4.78, 5) is 36.4. The number of aromatic amines is 1. The van der Waals surface area contributed by atoms with Gasteiger partial charge in [-0.1, -0.05) is 41.9 Å². The highest BCUT2D eigenvalue weighted by Gasteiger charge is 2.22. The fraction of sp³-hybridized carbons (Fsp3) is 0.190. The lowest BCUT2D eigenvalue weighted by molar-refractivity contribution is -0.137. The van der Waals surface area contributed by atoms with Gasteiger partial charge in [-0.3, -0.25) is 19.5 Å². The topological polar surface area (TPSA) is 104 Å². The third-order valence-corrected chi connectivity index (χ3v) is 4.88. The van der Waals surface area contributed by atoms with Crippen LogP contribution in [0.2, 0.25) is 5.02 Å². The first-order valence-electron chi connectivity index (χ1n) is 8.93. The van der Waals surface area contributed by atoms with E-state index >= 15 is 0 Å². The Kier molecular flexibility index (Phi) is 5.89. The molecule has 0 aliphatic heterocycles. The second-order valence-electron chi connectivity index (χ2n) is 6.78. The maximum Gasteiger partial charge on any atom is 0.305 e. The number of hydrogen-bond donors (Lipinski definition) is 3. The van der Waals surface area contributed by atoms with Gasteiger partial charge < -0.3 is 10.4 Å². The van der Waals surface area contributed by atoms with Gasteiger partial charge in [0, 0.05) is 11.1 Å². The highest BCUT2D eigenvalue weighted by Crippen LogP contribution is 2.25. The van der Waals surface area contributed by atoms with E-state index in [0.29, 0.717) is 16.3 Å². The van der Waals surface area contributed by atoms with Crippen LogP contribution in [0.1, 0.15) is 39.6 Å². The molecular weight excluding hydrogens is 394 g/mol. The number of hydrogen-bond acceptors (Lipinski definition) is 3. The maximum atomic E-state index is 12.7. The van der Waals surface area contributed by atoms with Crippen LogP contribution in [0.3, 0.4) is 0 Å². The van der Waals surface area contributed by atoms with Crippen molar-refractivity contribution < 1.29 is 14.7 Å². The van der Waals surface area contributed by atoms with E-state index in [1.165, 1.54) is 10.7 Å². The summed E-state index contributed by atoms with van der Waals surface area (Å²) in [5.41, 5.74) is 2.60. The first-order valence-corrected chi connectivity index (χ1v) is 9.31. The Hall–Kier alpha value is -3.32. The number of carboxylic acids is 1. The van der Waals surface area contributed by atoms with Gasteiger partial charge in [-0.15, -0.1) is 0 Å². The molecule has 0 aliphatic carbocycles. The van der Waals surface area contributed by atoms with Crippen LogP contribution in [-0.2, 0) is 4.79 Å². The summed E-state index contributed by atoms with van der Waals surface area (Å²) in [6, 6.07) is 12.7. The van der Waals surface area contributed by atoms with Crippen molar-refractivity contribution in [1.82, 2.24) is 15.1 Å². The molecule has 8 heteroatoms. The first kappa shape index (κ1) is 20.4. The minimum atomic E-state index is -1.09. The van der Waals surface area contributed by atoms with Crippen LogP contribution in [0.5, 0.6) is 0 Å². The van der Waals surface area contributed by atoms with Crippen molar-refractivity contribution in [3.8, 4) is 5.69 Å². The van der Waals surface area contributed by atoms with Gasteiger partial charge in [0.15, 0.2) is 0 Å². The molecule has 1 heterocycles. The molecule has 1 atom stereocenters. The van der Waals surface area contributed by atoms with E-state index < -0.39 is 23.5 Å². The molecule has 3 N–H and O–H groups in total. The molecule has 1 unspecified atom stereocenters. The molecule has 0 radical (unpaired) electrons. The Balaban J connectivity index is 1.92. The fourth-order valence-corrected chi connectivity index (χ4v) is 3.33. The molecule has 150 valence electrons.